The van der Waals surface area contributed by atoms with Crippen molar-refractivity contribution in [2.45, 2.75) is 24.7 Å². The van der Waals surface area contributed by atoms with Gasteiger partial charge in [0.2, 0.25) is 11.6 Å². The van der Waals surface area contributed by atoms with Gasteiger partial charge in [-0.3, -0.25) is 0 Å². The first-order valence-electron chi connectivity index (χ1n) is 11.0. The first-order valence-corrected chi connectivity index (χ1v) is 12.2. The number of rotatable bonds is 4. The van der Waals surface area contributed by atoms with Crippen LogP contribution in [0.2, 0.25) is 0 Å². The maximum Gasteiger partial charge on any atom is 0.379 e. The summed E-state index contributed by atoms with van der Waals surface area (Å²) in [6, 6.07) is 21.0. The third kappa shape index (κ3) is 4.02. The van der Waals surface area contributed by atoms with Gasteiger partial charge in [0, 0.05) is 27.5 Å². The molecule has 0 fully saturated rings. The lowest BCUT2D eigenvalue weighted by Crippen LogP contribution is -2.21. The molecular formula is C28H22N2O4S. The SMILES string of the molecule is CSc1ccc(C2C(C#N)=C(N)Oc3cc(OC(=O)c4oc5ccc(C)cc5c4C)ccc32)cc1. The van der Waals surface area contributed by atoms with E-state index in [1.807, 2.05) is 62.6 Å². The fourth-order valence-electron chi connectivity index (χ4n) is 4.32. The zero-order valence-corrected chi connectivity index (χ0v) is 20.2. The summed E-state index contributed by atoms with van der Waals surface area (Å²) in [4.78, 5) is 14.1. The highest BCUT2D eigenvalue weighted by Crippen LogP contribution is 2.43. The number of hydrogen-bond acceptors (Lipinski definition) is 7. The minimum Gasteiger partial charge on any atom is -0.449 e. The number of ether oxygens (including phenoxy) is 2. The molecule has 0 radical (unpaired) electrons. The van der Waals surface area contributed by atoms with Gasteiger partial charge in [-0.2, -0.15) is 5.26 Å². The summed E-state index contributed by atoms with van der Waals surface area (Å²) in [7, 11) is 0. The molecule has 1 atom stereocenters. The summed E-state index contributed by atoms with van der Waals surface area (Å²) in [5.41, 5.74) is 10.6. The Bertz CT molecular complexity index is 1540. The molecule has 3 aromatic carbocycles. The minimum atomic E-state index is -0.599. The third-order valence-corrected chi connectivity index (χ3v) is 6.87. The van der Waals surface area contributed by atoms with Crippen molar-refractivity contribution in [2.75, 3.05) is 6.26 Å². The second-order valence-electron chi connectivity index (χ2n) is 8.34. The summed E-state index contributed by atoms with van der Waals surface area (Å²) in [5, 5.41) is 10.6. The molecule has 5 rings (SSSR count). The van der Waals surface area contributed by atoms with Gasteiger partial charge in [-0.15, -0.1) is 11.8 Å². The van der Waals surface area contributed by atoms with E-state index in [9.17, 15) is 10.1 Å². The van der Waals surface area contributed by atoms with E-state index in [1.165, 1.54) is 0 Å². The molecule has 0 aliphatic carbocycles. The van der Waals surface area contributed by atoms with Gasteiger partial charge in [0.1, 0.15) is 28.7 Å². The summed E-state index contributed by atoms with van der Waals surface area (Å²) in [6.07, 6.45) is 2.01. The molecule has 1 unspecified atom stereocenters. The second-order valence-corrected chi connectivity index (χ2v) is 9.22. The van der Waals surface area contributed by atoms with E-state index in [4.69, 9.17) is 19.6 Å². The second kappa shape index (κ2) is 8.90. The summed E-state index contributed by atoms with van der Waals surface area (Å²) in [6.45, 7) is 3.82. The van der Waals surface area contributed by atoms with Crippen LogP contribution in [0.25, 0.3) is 11.0 Å². The first kappa shape index (κ1) is 22.6. The van der Waals surface area contributed by atoms with Crippen LogP contribution in [0.3, 0.4) is 0 Å². The number of hydrogen-bond donors (Lipinski definition) is 1. The Labute approximate surface area is 206 Å². The molecule has 0 amide bonds. The molecule has 1 aliphatic rings. The molecule has 4 aromatic rings. The Morgan fingerprint density at radius 2 is 1.86 bits per heavy atom. The number of thioether (sulfide) groups is 1. The fourth-order valence-corrected chi connectivity index (χ4v) is 4.73. The van der Waals surface area contributed by atoms with Crippen LogP contribution in [0.1, 0.15) is 38.7 Å². The van der Waals surface area contributed by atoms with Gasteiger partial charge in [0.15, 0.2) is 0 Å². The fraction of sp³-hybridized carbons (Fsp3) is 0.143. The minimum absolute atomic E-state index is 0.0333. The number of carbonyl (C=O) groups is 1. The number of benzene rings is 3. The lowest BCUT2D eigenvalue weighted by Gasteiger charge is -2.26. The predicted octanol–water partition coefficient (Wildman–Crippen LogP) is 6.21. The van der Waals surface area contributed by atoms with Crippen molar-refractivity contribution in [3.05, 3.63) is 100 Å². The predicted molar refractivity (Wildman–Crippen MR) is 135 cm³/mol. The zero-order valence-electron chi connectivity index (χ0n) is 19.4. The molecule has 2 heterocycles. The smallest absolute Gasteiger partial charge is 0.379 e. The summed E-state index contributed by atoms with van der Waals surface area (Å²) < 4.78 is 17.2. The molecule has 6 nitrogen and oxygen atoms in total. The van der Waals surface area contributed by atoms with E-state index in [-0.39, 0.29) is 23.3 Å². The van der Waals surface area contributed by atoms with E-state index in [1.54, 1.807) is 30.0 Å². The lowest BCUT2D eigenvalue weighted by molar-refractivity contribution is 0.0702. The molecule has 7 heteroatoms. The van der Waals surface area contributed by atoms with Gasteiger partial charge < -0.3 is 19.6 Å². The number of esters is 1. The van der Waals surface area contributed by atoms with Gasteiger partial charge in [-0.05, 0) is 56.0 Å². The maximum absolute atomic E-state index is 12.9. The maximum atomic E-state index is 12.9. The van der Waals surface area contributed by atoms with Crippen molar-refractivity contribution in [3.8, 4) is 17.6 Å². The molecule has 0 saturated carbocycles. The summed E-state index contributed by atoms with van der Waals surface area (Å²) in [5.74, 6) is -0.0759. The van der Waals surface area contributed by atoms with Crippen molar-refractivity contribution in [2.24, 2.45) is 5.73 Å². The van der Waals surface area contributed by atoms with Crippen molar-refractivity contribution in [3.63, 3.8) is 0 Å². The van der Waals surface area contributed by atoms with Gasteiger partial charge in [-0.25, -0.2) is 4.79 Å². The Balaban J connectivity index is 1.48. The monoisotopic (exact) mass is 482 g/mol. The highest BCUT2D eigenvalue weighted by molar-refractivity contribution is 7.98. The van der Waals surface area contributed by atoms with Crippen LogP contribution in [-0.2, 0) is 0 Å². The molecule has 35 heavy (non-hydrogen) atoms. The van der Waals surface area contributed by atoms with Gasteiger partial charge in [-0.1, -0.05) is 29.8 Å². The number of allylic oxidation sites excluding steroid dienone is 1. The Morgan fingerprint density at radius 3 is 2.57 bits per heavy atom. The molecule has 1 aromatic heterocycles. The van der Waals surface area contributed by atoms with Gasteiger partial charge in [0.25, 0.3) is 0 Å². The highest BCUT2D eigenvalue weighted by Gasteiger charge is 2.31. The molecular weight excluding hydrogens is 460 g/mol. The molecule has 0 bridgehead atoms. The van der Waals surface area contributed by atoms with E-state index < -0.39 is 5.97 Å². The van der Waals surface area contributed by atoms with Crippen LogP contribution in [0.5, 0.6) is 11.5 Å². The van der Waals surface area contributed by atoms with Gasteiger partial charge >= 0.3 is 5.97 Å². The Morgan fingerprint density at radius 1 is 1.09 bits per heavy atom. The van der Waals surface area contributed by atoms with Crippen LogP contribution < -0.4 is 15.2 Å². The Hall–Kier alpha value is -4.15. The number of nitrogens with two attached hydrogens (primary N) is 1. The topological polar surface area (TPSA) is 98.5 Å². The van der Waals surface area contributed by atoms with Crippen molar-refractivity contribution < 1.29 is 18.7 Å². The van der Waals surface area contributed by atoms with Gasteiger partial charge in [0.05, 0.1) is 5.92 Å². The molecule has 1 aliphatic heterocycles. The average Bonchev–Trinajstić information content (AvgIpc) is 3.19. The van der Waals surface area contributed by atoms with Crippen LogP contribution in [-0.4, -0.2) is 12.2 Å². The summed E-state index contributed by atoms with van der Waals surface area (Å²) >= 11 is 1.64. The van der Waals surface area contributed by atoms with Crippen molar-refractivity contribution in [1.29, 1.82) is 5.26 Å². The van der Waals surface area contributed by atoms with Crippen LogP contribution in [0, 0.1) is 25.2 Å². The first-order chi connectivity index (χ1) is 16.9. The van der Waals surface area contributed by atoms with E-state index in [2.05, 4.69) is 6.07 Å². The largest absolute Gasteiger partial charge is 0.449 e. The lowest BCUT2D eigenvalue weighted by atomic mass is 9.83. The van der Waals surface area contributed by atoms with Crippen LogP contribution in [0.15, 0.2) is 81.4 Å². The molecule has 2 N–H and O–H groups in total. The van der Waals surface area contributed by atoms with Crippen LogP contribution >= 0.6 is 11.8 Å². The van der Waals surface area contributed by atoms with E-state index in [0.717, 1.165) is 32.5 Å². The number of carbonyl (C=O) groups excluding carboxylic acids is 1. The quantitative estimate of drug-likeness (QED) is 0.210. The zero-order chi connectivity index (χ0) is 24.7. The molecule has 0 spiro atoms. The number of fused-ring (bicyclic) bond motifs is 2. The third-order valence-electron chi connectivity index (χ3n) is 6.13. The van der Waals surface area contributed by atoms with E-state index >= 15 is 0 Å². The van der Waals surface area contributed by atoms with Crippen molar-refractivity contribution >= 4 is 28.7 Å². The number of furan rings is 1. The Kier molecular flexibility index (Phi) is 5.75. The molecule has 0 saturated heterocycles. The van der Waals surface area contributed by atoms with Crippen LogP contribution in [0.4, 0.5) is 0 Å². The average molecular weight is 483 g/mol. The highest BCUT2D eigenvalue weighted by atomic mass is 32.2. The molecule has 174 valence electrons. The standard InChI is InChI=1S/C28H22N2O4S/c1-15-4-11-23-21(12-15)16(2)26(33-23)28(31)32-18-7-10-20-24(13-18)34-27(30)22(14-29)25(20)17-5-8-19(35-3)9-6-17/h4-13,25H,30H2,1-3H3. The number of nitrogens with zero attached hydrogens (tertiary/aromatic N) is 1. The number of aryl methyl sites for hydroxylation is 2. The van der Waals surface area contributed by atoms with Crippen molar-refractivity contribution in [1.82, 2.24) is 0 Å². The number of nitriles is 1. The van der Waals surface area contributed by atoms with E-state index in [0.29, 0.717) is 16.9 Å². The normalized spacial score (nSPS) is 14.9.